The summed E-state index contributed by atoms with van der Waals surface area (Å²) in [5.41, 5.74) is 5.58. The number of nitrogens with one attached hydrogen (secondary N) is 2. The highest BCUT2D eigenvalue weighted by Gasteiger charge is 2.25. The van der Waals surface area contributed by atoms with Gasteiger partial charge >= 0.3 is 0 Å². The zero-order valence-corrected chi connectivity index (χ0v) is 15.9. The van der Waals surface area contributed by atoms with Gasteiger partial charge in [0.05, 0.1) is 11.7 Å². The number of hydrogen-bond donors (Lipinski definition) is 2. The number of carbonyl (C=O) groups excluding carboxylic acids is 1. The number of nitrogens with zero attached hydrogens (tertiary/aromatic N) is 2. The lowest BCUT2D eigenvalue weighted by Crippen LogP contribution is -2.31. The van der Waals surface area contributed by atoms with E-state index in [2.05, 4.69) is 15.4 Å². The molecule has 6 heteroatoms. The Kier molecular flexibility index (Phi) is 4.49. The molecule has 0 fully saturated rings. The van der Waals surface area contributed by atoms with E-state index in [1.54, 1.807) is 0 Å². The van der Waals surface area contributed by atoms with Crippen molar-refractivity contribution in [3.8, 4) is 0 Å². The van der Waals surface area contributed by atoms with Crippen LogP contribution in [0.1, 0.15) is 47.9 Å². The summed E-state index contributed by atoms with van der Waals surface area (Å²) in [6, 6.07) is 7.99. The van der Waals surface area contributed by atoms with Gasteiger partial charge in [0.25, 0.3) is 0 Å². The Morgan fingerprint density at radius 1 is 1.38 bits per heavy atom. The molecule has 26 heavy (non-hydrogen) atoms. The molecule has 1 atom stereocenters. The highest BCUT2D eigenvalue weighted by molar-refractivity contribution is 6.31. The van der Waals surface area contributed by atoms with Crippen molar-refractivity contribution < 1.29 is 4.79 Å². The van der Waals surface area contributed by atoms with Crippen molar-refractivity contribution in [2.24, 2.45) is 0 Å². The quantitative estimate of drug-likeness (QED) is 0.722. The van der Waals surface area contributed by atoms with Crippen molar-refractivity contribution >= 4 is 28.4 Å². The first-order valence-corrected chi connectivity index (χ1v) is 9.49. The monoisotopic (exact) mass is 370 g/mol. The van der Waals surface area contributed by atoms with Gasteiger partial charge in [-0.15, -0.1) is 0 Å². The lowest BCUT2D eigenvalue weighted by Gasteiger charge is -2.24. The first-order valence-electron chi connectivity index (χ1n) is 9.11. The molecule has 1 amide bonds. The second kappa shape index (κ2) is 6.80. The summed E-state index contributed by atoms with van der Waals surface area (Å²) < 4.78 is 1.89. The van der Waals surface area contributed by atoms with E-state index in [4.69, 9.17) is 11.6 Å². The Bertz CT molecular complexity index is 972. The number of rotatable bonds is 4. The van der Waals surface area contributed by atoms with Crippen LogP contribution in [-0.4, -0.2) is 20.7 Å². The van der Waals surface area contributed by atoms with Gasteiger partial charge in [0.15, 0.2) is 0 Å². The van der Waals surface area contributed by atoms with E-state index in [1.807, 2.05) is 42.8 Å². The van der Waals surface area contributed by atoms with E-state index in [0.717, 1.165) is 46.9 Å². The summed E-state index contributed by atoms with van der Waals surface area (Å²) in [5, 5.41) is 9.54. The molecule has 5 nitrogen and oxygen atoms in total. The van der Waals surface area contributed by atoms with E-state index in [9.17, 15) is 4.79 Å². The Morgan fingerprint density at radius 3 is 3.00 bits per heavy atom. The fourth-order valence-electron chi connectivity index (χ4n) is 3.95. The van der Waals surface area contributed by atoms with Gasteiger partial charge in [-0.3, -0.25) is 9.48 Å². The number of halogens is 1. The third-order valence-corrected chi connectivity index (χ3v) is 5.39. The molecule has 1 aliphatic rings. The predicted octanol–water partition coefficient (Wildman–Crippen LogP) is 4.22. The standard InChI is InChI=1S/C20H23ClN4O/c1-12-10-13(2)25(24-12)9-8-19(26)22-18-5-3-4-15-16-11-14(21)6-7-17(16)23-20(15)18/h6-7,10-11,18,23H,3-5,8-9H2,1-2H3,(H,22,26)/t18-/m0/s1. The average molecular weight is 371 g/mol. The average Bonchev–Trinajstić information content (AvgIpc) is 3.13. The summed E-state index contributed by atoms with van der Waals surface area (Å²) in [6.07, 6.45) is 3.47. The minimum Gasteiger partial charge on any atom is -0.356 e. The highest BCUT2D eigenvalue weighted by Crippen LogP contribution is 2.35. The van der Waals surface area contributed by atoms with Crippen LogP contribution in [0, 0.1) is 13.8 Å². The number of aromatic amines is 1. The van der Waals surface area contributed by atoms with Crippen LogP contribution >= 0.6 is 11.6 Å². The molecule has 136 valence electrons. The number of aryl methyl sites for hydroxylation is 4. The predicted molar refractivity (Wildman–Crippen MR) is 103 cm³/mol. The van der Waals surface area contributed by atoms with E-state index < -0.39 is 0 Å². The maximum Gasteiger partial charge on any atom is 0.222 e. The van der Waals surface area contributed by atoms with Gasteiger partial charge in [0.2, 0.25) is 5.91 Å². The van der Waals surface area contributed by atoms with E-state index in [1.165, 1.54) is 10.9 Å². The summed E-state index contributed by atoms with van der Waals surface area (Å²) >= 11 is 6.16. The molecule has 3 aromatic rings. The van der Waals surface area contributed by atoms with Crippen molar-refractivity contribution in [3.05, 3.63) is 51.9 Å². The number of carbonyl (C=O) groups is 1. The van der Waals surface area contributed by atoms with E-state index in [0.29, 0.717) is 13.0 Å². The first kappa shape index (κ1) is 17.2. The molecule has 0 aliphatic heterocycles. The number of fused-ring (bicyclic) bond motifs is 3. The summed E-state index contributed by atoms with van der Waals surface area (Å²) in [7, 11) is 0. The van der Waals surface area contributed by atoms with Gasteiger partial charge in [0, 0.05) is 40.3 Å². The van der Waals surface area contributed by atoms with Crippen LogP contribution in [-0.2, 0) is 17.8 Å². The Balaban J connectivity index is 1.48. The first-order chi connectivity index (χ1) is 12.5. The topological polar surface area (TPSA) is 62.7 Å². The number of hydrogen-bond acceptors (Lipinski definition) is 2. The molecular formula is C20H23ClN4O. The zero-order chi connectivity index (χ0) is 18.3. The largest absolute Gasteiger partial charge is 0.356 e. The normalized spacial score (nSPS) is 16.7. The van der Waals surface area contributed by atoms with Gasteiger partial charge in [-0.05, 0) is 62.9 Å². The zero-order valence-electron chi connectivity index (χ0n) is 15.1. The van der Waals surface area contributed by atoms with Gasteiger partial charge in [-0.1, -0.05) is 11.6 Å². The maximum absolute atomic E-state index is 12.5. The molecule has 1 aromatic carbocycles. The van der Waals surface area contributed by atoms with Crippen LogP contribution in [0.5, 0.6) is 0 Å². The Labute approximate surface area is 157 Å². The van der Waals surface area contributed by atoms with Crippen LogP contribution < -0.4 is 5.32 Å². The van der Waals surface area contributed by atoms with Gasteiger partial charge in [0.1, 0.15) is 0 Å². The van der Waals surface area contributed by atoms with E-state index in [-0.39, 0.29) is 11.9 Å². The summed E-state index contributed by atoms with van der Waals surface area (Å²) in [5.74, 6) is 0.0621. The highest BCUT2D eigenvalue weighted by atomic mass is 35.5. The summed E-state index contributed by atoms with van der Waals surface area (Å²) in [4.78, 5) is 16.0. The molecule has 0 unspecified atom stereocenters. The SMILES string of the molecule is Cc1cc(C)n(CCC(=O)N[C@H]2CCCc3c2[nH]c2ccc(Cl)cc32)n1. The lowest BCUT2D eigenvalue weighted by molar-refractivity contribution is -0.122. The molecule has 0 spiro atoms. The van der Waals surface area contributed by atoms with Crippen molar-refractivity contribution in [3.63, 3.8) is 0 Å². The van der Waals surface area contributed by atoms with Crippen LogP contribution in [0.4, 0.5) is 0 Å². The lowest BCUT2D eigenvalue weighted by atomic mass is 9.91. The van der Waals surface area contributed by atoms with Gasteiger partial charge < -0.3 is 10.3 Å². The third kappa shape index (κ3) is 3.23. The number of benzene rings is 1. The maximum atomic E-state index is 12.5. The minimum atomic E-state index is 0.0397. The third-order valence-electron chi connectivity index (χ3n) is 5.16. The molecule has 0 radical (unpaired) electrons. The molecule has 2 N–H and O–H groups in total. The second-order valence-electron chi connectivity index (χ2n) is 7.12. The molecule has 0 saturated carbocycles. The second-order valence-corrected chi connectivity index (χ2v) is 7.56. The fraction of sp³-hybridized carbons (Fsp3) is 0.400. The van der Waals surface area contributed by atoms with Gasteiger partial charge in [-0.25, -0.2) is 0 Å². The van der Waals surface area contributed by atoms with Crippen LogP contribution in [0.2, 0.25) is 5.02 Å². The molecular weight excluding hydrogens is 348 g/mol. The number of amides is 1. The van der Waals surface area contributed by atoms with Crippen molar-refractivity contribution in [2.75, 3.05) is 0 Å². The Morgan fingerprint density at radius 2 is 2.23 bits per heavy atom. The van der Waals surface area contributed by atoms with Crippen LogP contribution in [0.25, 0.3) is 10.9 Å². The fourth-order valence-corrected chi connectivity index (χ4v) is 4.13. The van der Waals surface area contributed by atoms with Crippen molar-refractivity contribution in [1.29, 1.82) is 0 Å². The van der Waals surface area contributed by atoms with Crippen molar-refractivity contribution in [2.45, 2.75) is 52.1 Å². The summed E-state index contributed by atoms with van der Waals surface area (Å²) in [6.45, 7) is 4.59. The van der Waals surface area contributed by atoms with Gasteiger partial charge in [-0.2, -0.15) is 5.10 Å². The van der Waals surface area contributed by atoms with Crippen molar-refractivity contribution in [1.82, 2.24) is 20.1 Å². The van der Waals surface area contributed by atoms with Crippen LogP contribution in [0.15, 0.2) is 24.3 Å². The molecule has 2 heterocycles. The smallest absolute Gasteiger partial charge is 0.222 e. The van der Waals surface area contributed by atoms with Crippen LogP contribution in [0.3, 0.4) is 0 Å². The molecule has 0 bridgehead atoms. The van der Waals surface area contributed by atoms with E-state index >= 15 is 0 Å². The molecule has 1 aliphatic carbocycles. The molecule has 0 saturated heterocycles. The molecule has 4 rings (SSSR count). The number of aromatic nitrogens is 3. The Hall–Kier alpha value is -2.27. The number of H-pyrrole nitrogens is 1. The minimum absolute atomic E-state index is 0.0397. The molecule has 2 aromatic heterocycles.